The molecule has 2 rings (SSSR count). The Morgan fingerprint density at radius 3 is 2.71 bits per heavy atom. The first-order valence-corrected chi connectivity index (χ1v) is 7.15. The topological polar surface area (TPSA) is 16.1 Å². The van der Waals surface area contributed by atoms with Gasteiger partial charge in [0.1, 0.15) is 0 Å². The smallest absolute Gasteiger partial charge is 0.0931 e. The van der Waals surface area contributed by atoms with Crippen LogP contribution in [0.3, 0.4) is 0 Å². The molecule has 5 heteroatoms. The van der Waals surface area contributed by atoms with Crippen LogP contribution in [0.15, 0.2) is 34.9 Å². The predicted molar refractivity (Wildman–Crippen MR) is 76.4 cm³/mol. The zero-order chi connectivity index (χ0) is 12.3. The molecule has 0 aliphatic heterocycles. The van der Waals surface area contributed by atoms with Gasteiger partial charge in [0, 0.05) is 28.6 Å². The zero-order valence-electron chi connectivity index (χ0n) is 9.36. The van der Waals surface area contributed by atoms with E-state index in [1.54, 1.807) is 11.3 Å². The molecule has 0 N–H and O–H groups in total. The number of halogens is 2. The minimum Gasteiger partial charge on any atom is -0.295 e. The summed E-state index contributed by atoms with van der Waals surface area (Å²) in [6, 6.07) is 8.05. The Morgan fingerprint density at radius 2 is 2.12 bits per heavy atom. The van der Waals surface area contributed by atoms with Gasteiger partial charge in [0.05, 0.1) is 10.0 Å². The third kappa shape index (κ3) is 4.07. The highest BCUT2D eigenvalue weighted by Crippen LogP contribution is 2.22. The van der Waals surface area contributed by atoms with Crippen LogP contribution < -0.4 is 0 Å². The van der Waals surface area contributed by atoms with Crippen LogP contribution >= 0.6 is 38.9 Å². The first-order chi connectivity index (χ1) is 8.13. The second-order valence-corrected chi connectivity index (χ2v) is 6.56. The van der Waals surface area contributed by atoms with Crippen molar-refractivity contribution in [2.24, 2.45) is 0 Å². The van der Waals surface area contributed by atoms with Gasteiger partial charge in [-0.1, -0.05) is 11.6 Å². The van der Waals surface area contributed by atoms with Gasteiger partial charge in [0.15, 0.2) is 0 Å². The monoisotopic (exact) mass is 330 g/mol. The van der Waals surface area contributed by atoms with Gasteiger partial charge in [-0.2, -0.15) is 0 Å². The molecule has 0 radical (unpaired) electrons. The molecule has 2 nitrogen and oxygen atoms in total. The summed E-state index contributed by atoms with van der Waals surface area (Å²) in [5.74, 6) is 0. The van der Waals surface area contributed by atoms with Gasteiger partial charge < -0.3 is 0 Å². The number of thiophene rings is 1. The van der Waals surface area contributed by atoms with Crippen molar-refractivity contribution in [3.05, 3.63) is 49.8 Å². The molecule has 0 atom stereocenters. The van der Waals surface area contributed by atoms with Crippen molar-refractivity contribution >= 4 is 38.9 Å². The number of hydrogen-bond acceptors (Lipinski definition) is 3. The lowest BCUT2D eigenvalue weighted by Crippen LogP contribution is -2.17. The average molecular weight is 332 g/mol. The number of aromatic nitrogens is 1. The highest BCUT2D eigenvalue weighted by atomic mass is 79.9. The van der Waals surface area contributed by atoms with E-state index in [2.05, 4.69) is 38.9 Å². The predicted octanol–water partition coefficient (Wildman–Crippen LogP) is 4.19. The van der Waals surface area contributed by atoms with Crippen LogP contribution in [0.2, 0.25) is 4.34 Å². The summed E-state index contributed by atoms with van der Waals surface area (Å²) in [6.07, 6.45) is 1.82. The summed E-state index contributed by atoms with van der Waals surface area (Å²) in [4.78, 5) is 7.85. The quantitative estimate of drug-likeness (QED) is 0.835. The molecule has 2 aromatic heterocycles. The third-order valence-electron chi connectivity index (χ3n) is 2.28. The maximum Gasteiger partial charge on any atom is 0.0931 e. The molecule has 0 aliphatic carbocycles. The Balaban J connectivity index is 1.93. The van der Waals surface area contributed by atoms with E-state index in [9.17, 15) is 0 Å². The summed E-state index contributed by atoms with van der Waals surface area (Å²) in [5.41, 5.74) is 1.07. The summed E-state index contributed by atoms with van der Waals surface area (Å²) in [6.45, 7) is 1.73. The Bertz CT molecular complexity index is 484. The molecular weight excluding hydrogens is 320 g/mol. The average Bonchev–Trinajstić information content (AvgIpc) is 2.67. The molecule has 2 aromatic rings. The van der Waals surface area contributed by atoms with E-state index in [1.165, 1.54) is 4.88 Å². The van der Waals surface area contributed by atoms with Crippen molar-refractivity contribution in [1.82, 2.24) is 9.88 Å². The molecule has 17 heavy (non-hydrogen) atoms. The van der Waals surface area contributed by atoms with Gasteiger partial charge in [0.25, 0.3) is 0 Å². The van der Waals surface area contributed by atoms with Crippen LogP contribution in [0.1, 0.15) is 10.6 Å². The van der Waals surface area contributed by atoms with Gasteiger partial charge in [-0.25, -0.2) is 0 Å². The van der Waals surface area contributed by atoms with Gasteiger partial charge in [-0.05, 0) is 47.2 Å². The highest BCUT2D eigenvalue weighted by molar-refractivity contribution is 9.10. The van der Waals surface area contributed by atoms with E-state index < -0.39 is 0 Å². The van der Waals surface area contributed by atoms with Crippen molar-refractivity contribution in [1.29, 1.82) is 0 Å². The van der Waals surface area contributed by atoms with Crippen LogP contribution in [0, 0.1) is 0 Å². The van der Waals surface area contributed by atoms with Gasteiger partial charge in [0.2, 0.25) is 0 Å². The Labute approximate surface area is 118 Å². The first-order valence-electron chi connectivity index (χ1n) is 5.16. The highest BCUT2D eigenvalue weighted by Gasteiger charge is 2.04. The summed E-state index contributed by atoms with van der Waals surface area (Å²) >= 11 is 10.9. The van der Waals surface area contributed by atoms with Gasteiger partial charge in [-0.3, -0.25) is 9.88 Å². The van der Waals surface area contributed by atoms with Crippen LogP contribution in [0.25, 0.3) is 0 Å². The van der Waals surface area contributed by atoms with E-state index in [0.29, 0.717) is 0 Å². The second-order valence-electron chi connectivity index (χ2n) is 3.85. The van der Waals surface area contributed by atoms with E-state index in [-0.39, 0.29) is 0 Å². The lowest BCUT2D eigenvalue weighted by molar-refractivity contribution is 0.318. The number of hydrogen-bond donors (Lipinski definition) is 0. The Hall–Kier alpha value is -0.420. The van der Waals surface area contributed by atoms with E-state index in [1.807, 2.05) is 24.4 Å². The van der Waals surface area contributed by atoms with Gasteiger partial charge >= 0.3 is 0 Å². The van der Waals surface area contributed by atoms with Gasteiger partial charge in [-0.15, -0.1) is 11.3 Å². The van der Waals surface area contributed by atoms with Crippen molar-refractivity contribution < 1.29 is 0 Å². The standard InChI is InChI=1S/C12H12BrClN2S/c1-16(8-11-4-5-12(14)17-11)7-10-3-2-9(13)6-15-10/h2-6H,7-8H2,1H3. The molecule has 0 saturated heterocycles. The number of rotatable bonds is 4. The minimum atomic E-state index is 0.836. The molecule has 0 bridgehead atoms. The first kappa shape index (κ1) is 13.0. The lowest BCUT2D eigenvalue weighted by atomic mass is 10.3. The van der Waals surface area contributed by atoms with Crippen molar-refractivity contribution in [3.63, 3.8) is 0 Å². The third-order valence-corrected chi connectivity index (χ3v) is 3.96. The number of pyridine rings is 1. The molecule has 0 fully saturated rings. The molecule has 0 amide bonds. The fourth-order valence-electron chi connectivity index (χ4n) is 1.54. The number of nitrogens with zero attached hydrogens (tertiary/aromatic N) is 2. The van der Waals surface area contributed by atoms with Crippen molar-refractivity contribution in [2.45, 2.75) is 13.1 Å². The van der Waals surface area contributed by atoms with Crippen LogP contribution in [0.5, 0.6) is 0 Å². The minimum absolute atomic E-state index is 0.836. The molecule has 0 unspecified atom stereocenters. The van der Waals surface area contributed by atoms with Crippen molar-refractivity contribution in [2.75, 3.05) is 7.05 Å². The van der Waals surface area contributed by atoms with E-state index >= 15 is 0 Å². The van der Waals surface area contributed by atoms with E-state index in [0.717, 1.165) is 27.6 Å². The fraction of sp³-hybridized carbons (Fsp3) is 0.250. The fourth-order valence-corrected chi connectivity index (χ4v) is 2.94. The lowest BCUT2D eigenvalue weighted by Gasteiger charge is -2.14. The molecule has 0 aliphatic rings. The summed E-state index contributed by atoms with van der Waals surface area (Å²) in [5, 5.41) is 0. The largest absolute Gasteiger partial charge is 0.295 e. The molecule has 0 saturated carbocycles. The van der Waals surface area contributed by atoms with Crippen LogP contribution in [-0.2, 0) is 13.1 Å². The molecular formula is C12H12BrClN2S. The maximum absolute atomic E-state index is 5.90. The molecule has 0 spiro atoms. The molecule has 90 valence electrons. The maximum atomic E-state index is 5.90. The van der Waals surface area contributed by atoms with Crippen molar-refractivity contribution in [3.8, 4) is 0 Å². The summed E-state index contributed by atoms with van der Waals surface area (Å²) in [7, 11) is 2.08. The summed E-state index contributed by atoms with van der Waals surface area (Å²) < 4.78 is 1.85. The van der Waals surface area contributed by atoms with E-state index in [4.69, 9.17) is 11.6 Å². The van der Waals surface area contributed by atoms with Crippen LogP contribution in [0.4, 0.5) is 0 Å². The zero-order valence-corrected chi connectivity index (χ0v) is 12.5. The molecule has 0 aromatic carbocycles. The van der Waals surface area contributed by atoms with Crippen LogP contribution in [-0.4, -0.2) is 16.9 Å². The Morgan fingerprint density at radius 1 is 1.29 bits per heavy atom. The normalized spacial score (nSPS) is 11.1. The SMILES string of the molecule is CN(Cc1ccc(Br)cn1)Cc1ccc(Cl)s1. The second kappa shape index (κ2) is 5.96. The molecule has 2 heterocycles. The Kier molecular flexibility index (Phi) is 4.56.